The summed E-state index contributed by atoms with van der Waals surface area (Å²) in [6.45, 7) is 4.16. The van der Waals surface area contributed by atoms with Gasteiger partial charge in [0.1, 0.15) is 0 Å². The van der Waals surface area contributed by atoms with Gasteiger partial charge in [-0.3, -0.25) is 9.18 Å². The second-order valence-electron chi connectivity index (χ2n) is 3.81. The lowest BCUT2D eigenvalue weighted by atomic mass is 10.3. The molecule has 0 bridgehead atoms. The average molecular weight is 188 g/mol. The van der Waals surface area contributed by atoms with E-state index >= 15 is 0 Å². The van der Waals surface area contributed by atoms with Crippen molar-refractivity contribution in [3.8, 4) is 0 Å². The predicted molar refractivity (Wildman–Crippen MR) is 48.0 cm³/mol. The van der Waals surface area contributed by atoms with Crippen molar-refractivity contribution in [3.63, 3.8) is 0 Å². The summed E-state index contributed by atoms with van der Waals surface area (Å²) in [6, 6.07) is 0. The van der Waals surface area contributed by atoms with Crippen molar-refractivity contribution in [1.29, 1.82) is 0 Å². The highest BCUT2D eigenvalue weighted by atomic mass is 19.1. The molecule has 13 heavy (non-hydrogen) atoms. The summed E-state index contributed by atoms with van der Waals surface area (Å²) < 4.78 is 16.7. The predicted octanol–water partition coefficient (Wildman–Crippen LogP) is 2.18. The van der Waals surface area contributed by atoms with Crippen molar-refractivity contribution in [2.75, 3.05) is 13.3 Å². The smallest absolute Gasteiger partial charge is 0.309 e. The van der Waals surface area contributed by atoms with Gasteiger partial charge in [-0.25, -0.2) is 0 Å². The highest BCUT2D eigenvalue weighted by Crippen LogP contribution is 2.46. The van der Waals surface area contributed by atoms with Crippen molar-refractivity contribution >= 4 is 5.97 Å². The van der Waals surface area contributed by atoms with Gasteiger partial charge in [-0.05, 0) is 24.7 Å². The van der Waals surface area contributed by atoms with Crippen molar-refractivity contribution in [2.45, 2.75) is 26.7 Å². The quantitative estimate of drug-likeness (QED) is 0.488. The molecule has 1 saturated carbocycles. The lowest BCUT2D eigenvalue weighted by Gasteiger charge is -2.02. The number of halogens is 1. The van der Waals surface area contributed by atoms with Crippen molar-refractivity contribution in [2.24, 2.45) is 17.8 Å². The van der Waals surface area contributed by atoms with Crippen LogP contribution in [-0.2, 0) is 9.53 Å². The topological polar surface area (TPSA) is 26.3 Å². The molecular formula is C10H17FO2. The Morgan fingerprint density at radius 1 is 1.31 bits per heavy atom. The van der Waals surface area contributed by atoms with Gasteiger partial charge in [-0.15, -0.1) is 0 Å². The number of ether oxygens (including phenoxy) is 1. The molecule has 0 aromatic heterocycles. The van der Waals surface area contributed by atoms with E-state index in [-0.39, 0.29) is 18.6 Å². The Kier molecular flexibility index (Phi) is 3.70. The van der Waals surface area contributed by atoms with Crippen LogP contribution < -0.4 is 0 Å². The van der Waals surface area contributed by atoms with Crippen LogP contribution in [0.5, 0.6) is 0 Å². The van der Waals surface area contributed by atoms with Gasteiger partial charge in [0.05, 0.1) is 19.2 Å². The molecule has 0 saturated heterocycles. The Hall–Kier alpha value is -0.600. The van der Waals surface area contributed by atoms with Crippen LogP contribution in [-0.4, -0.2) is 19.3 Å². The van der Waals surface area contributed by atoms with Crippen LogP contribution in [0.2, 0.25) is 0 Å². The van der Waals surface area contributed by atoms with Crippen LogP contribution in [0.4, 0.5) is 4.39 Å². The molecule has 0 aromatic carbocycles. The fourth-order valence-corrected chi connectivity index (χ4v) is 1.56. The minimum absolute atomic E-state index is 0.0983. The molecule has 1 aliphatic rings. The van der Waals surface area contributed by atoms with E-state index in [2.05, 4.69) is 13.8 Å². The number of unbranched alkanes of at least 4 members (excludes halogenated alkanes) is 1. The highest BCUT2D eigenvalue weighted by molar-refractivity contribution is 5.76. The van der Waals surface area contributed by atoms with Crippen LogP contribution in [0.1, 0.15) is 26.7 Å². The third-order valence-corrected chi connectivity index (χ3v) is 2.87. The summed E-state index contributed by atoms with van der Waals surface area (Å²) in [7, 11) is 0. The van der Waals surface area contributed by atoms with Crippen LogP contribution in [0, 0.1) is 17.8 Å². The van der Waals surface area contributed by atoms with Crippen molar-refractivity contribution < 1.29 is 13.9 Å². The molecule has 0 aliphatic heterocycles. The molecule has 2 unspecified atom stereocenters. The van der Waals surface area contributed by atoms with Gasteiger partial charge >= 0.3 is 5.97 Å². The highest BCUT2D eigenvalue weighted by Gasteiger charge is 2.49. The minimum Gasteiger partial charge on any atom is -0.465 e. The molecule has 76 valence electrons. The minimum atomic E-state index is -0.326. The van der Waals surface area contributed by atoms with E-state index in [0.29, 0.717) is 31.3 Å². The first kappa shape index (κ1) is 10.5. The Balaban J connectivity index is 2.06. The zero-order valence-corrected chi connectivity index (χ0v) is 8.25. The summed E-state index contributed by atoms with van der Waals surface area (Å²) in [5, 5.41) is 0. The lowest BCUT2D eigenvalue weighted by molar-refractivity contribution is -0.146. The zero-order chi connectivity index (χ0) is 9.84. The van der Waals surface area contributed by atoms with Crippen molar-refractivity contribution in [1.82, 2.24) is 0 Å². The number of hydrogen-bond acceptors (Lipinski definition) is 2. The molecule has 0 N–H and O–H groups in total. The molecular weight excluding hydrogens is 171 g/mol. The largest absolute Gasteiger partial charge is 0.465 e. The fourth-order valence-electron chi connectivity index (χ4n) is 1.56. The standard InChI is InChI=1S/C10H17FO2/c1-7-8(2)9(7)10(12)13-6-4-3-5-11/h7-9H,3-6H2,1-2H3. The Morgan fingerprint density at radius 3 is 2.38 bits per heavy atom. The summed E-state index contributed by atoms with van der Waals surface area (Å²) in [6.07, 6.45) is 1.13. The molecule has 3 heteroatoms. The maximum Gasteiger partial charge on any atom is 0.309 e. The second kappa shape index (κ2) is 4.58. The molecule has 0 radical (unpaired) electrons. The first-order valence-electron chi connectivity index (χ1n) is 4.91. The van der Waals surface area contributed by atoms with E-state index in [1.165, 1.54) is 0 Å². The molecule has 1 aliphatic carbocycles. The molecule has 1 fully saturated rings. The van der Waals surface area contributed by atoms with E-state index in [9.17, 15) is 9.18 Å². The number of esters is 1. The van der Waals surface area contributed by atoms with E-state index in [1.54, 1.807) is 0 Å². The number of hydrogen-bond donors (Lipinski definition) is 0. The monoisotopic (exact) mass is 188 g/mol. The molecule has 2 nitrogen and oxygen atoms in total. The maximum atomic E-state index is 11.7. The summed E-state index contributed by atoms with van der Waals surface area (Å²) in [5.41, 5.74) is 0. The van der Waals surface area contributed by atoms with Gasteiger partial charge in [-0.1, -0.05) is 13.8 Å². The third-order valence-electron chi connectivity index (χ3n) is 2.87. The Labute approximate surface area is 78.5 Å². The van der Waals surface area contributed by atoms with Gasteiger partial charge in [0.25, 0.3) is 0 Å². The molecule has 0 amide bonds. The van der Waals surface area contributed by atoms with Crippen LogP contribution >= 0.6 is 0 Å². The van der Waals surface area contributed by atoms with Gasteiger partial charge < -0.3 is 4.74 Å². The van der Waals surface area contributed by atoms with Crippen LogP contribution in [0.15, 0.2) is 0 Å². The van der Waals surface area contributed by atoms with E-state index in [1.807, 2.05) is 0 Å². The van der Waals surface area contributed by atoms with Crippen molar-refractivity contribution in [3.05, 3.63) is 0 Å². The third kappa shape index (κ3) is 2.68. The molecule has 2 atom stereocenters. The summed E-state index contributed by atoms with van der Waals surface area (Å²) in [5.74, 6) is 0.937. The lowest BCUT2D eigenvalue weighted by Crippen LogP contribution is -2.09. The van der Waals surface area contributed by atoms with Gasteiger partial charge in [0, 0.05) is 0 Å². The van der Waals surface area contributed by atoms with E-state index < -0.39 is 0 Å². The van der Waals surface area contributed by atoms with Gasteiger partial charge in [0.2, 0.25) is 0 Å². The number of carbonyl (C=O) groups excluding carboxylic acids is 1. The normalized spacial score (nSPS) is 31.5. The zero-order valence-electron chi connectivity index (χ0n) is 8.25. The number of alkyl halides is 1. The second-order valence-corrected chi connectivity index (χ2v) is 3.81. The van der Waals surface area contributed by atoms with Crippen LogP contribution in [0.25, 0.3) is 0 Å². The summed E-state index contributed by atoms with van der Waals surface area (Å²) in [4.78, 5) is 11.3. The summed E-state index contributed by atoms with van der Waals surface area (Å²) >= 11 is 0. The number of rotatable bonds is 5. The van der Waals surface area contributed by atoms with Gasteiger partial charge in [0.15, 0.2) is 0 Å². The fraction of sp³-hybridized carbons (Fsp3) is 0.900. The average Bonchev–Trinajstić information content (AvgIpc) is 2.69. The Bertz CT molecular complexity index is 174. The van der Waals surface area contributed by atoms with Crippen LogP contribution in [0.3, 0.4) is 0 Å². The first-order chi connectivity index (χ1) is 6.18. The maximum absolute atomic E-state index is 11.7. The van der Waals surface area contributed by atoms with Gasteiger partial charge in [-0.2, -0.15) is 0 Å². The molecule has 1 rings (SSSR count). The van der Waals surface area contributed by atoms with E-state index in [4.69, 9.17) is 4.74 Å². The molecule has 0 aromatic rings. The molecule has 0 heterocycles. The SMILES string of the molecule is CC1C(C)C1C(=O)OCCCCF. The molecule has 0 spiro atoms. The first-order valence-corrected chi connectivity index (χ1v) is 4.91. The number of carbonyl (C=O) groups is 1. The van der Waals surface area contributed by atoms with E-state index in [0.717, 1.165) is 0 Å². The Morgan fingerprint density at radius 2 is 1.92 bits per heavy atom.